The fourth-order valence-electron chi connectivity index (χ4n) is 1.65. The second-order valence-corrected chi connectivity index (χ2v) is 4.96. The summed E-state index contributed by atoms with van der Waals surface area (Å²) in [4.78, 5) is 4.11. The van der Waals surface area contributed by atoms with E-state index in [1.54, 1.807) is 7.05 Å². The van der Waals surface area contributed by atoms with Gasteiger partial charge >= 0.3 is 0 Å². The molecule has 0 radical (unpaired) electrons. The van der Waals surface area contributed by atoms with Gasteiger partial charge in [-0.25, -0.2) is 0 Å². The highest BCUT2D eigenvalue weighted by Crippen LogP contribution is 2.18. The number of guanidine groups is 1. The van der Waals surface area contributed by atoms with Gasteiger partial charge in [-0.3, -0.25) is 4.99 Å². The van der Waals surface area contributed by atoms with Gasteiger partial charge in [0, 0.05) is 14.1 Å². The Bertz CT molecular complexity index is 404. The molecule has 2 N–H and O–H groups in total. The van der Waals surface area contributed by atoms with Gasteiger partial charge in [-0.15, -0.1) is 24.0 Å². The van der Waals surface area contributed by atoms with Crippen molar-refractivity contribution in [1.82, 2.24) is 10.6 Å². The Morgan fingerprint density at radius 1 is 1.20 bits per heavy atom. The molecule has 0 fully saturated rings. The molecule has 0 bridgehead atoms. The van der Waals surface area contributed by atoms with Crippen LogP contribution in [0, 0.1) is 5.92 Å². The van der Waals surface area contributed by atoms with Gasteiger partial charge in [0.15, 0.2) is 5.96 Å². The molecule has 0 heterocycles. The summed E-state index contributed by atoms with van der Waals surface area (Å²) in [5.41, 5.74) is 1.20. The van der Waals surface area contributed by atoms with E-state index in [2.05, 4.69) is 48.5 Å². The van der Waals surface area contributed by atoms with Crippen LogP contribution in [0.5, 0.6) is 5.75 Å². The largest absolute Gasteiger partial charge is 0.493 e. The third kappa shape index (κ3) is 6.45. The molecule has 0 aliphatic heterocycles. The van der Waals surface area contributed by atoms with Crippen molar-refractivity contribution >= 4 is 29.9 Å². The maximum Gasteiger partial charge on any atom is 0.191 e. The van der Waals surface area contributed by atoms with Crippen molar-refractivity contribution in [3.05, 3.63) is 29.8 Å². The van der Waals surface area contributed by atoms with Crippen LogP contribution in [0.2, 0.25) is 0 Å². The van der Waals surface area contributed by atoms with E-state index in [0.29, 0.717) is 5.92 Å². The quantitative estimate of drug-likeness (QED) is 0.461. The lowest BCUT2D eigenvalue weighted by atomic mass is 10.1. The van der Waals surface area contributed by atoms with Gasteiger partial charge in [-0.1, -0.05) is 26.0 Å². The molecule has 4 nitrogen and oxygen atoms in total. The van der Waals surface area contributed by atoms with Crippen LogP contribution in [0.4, 0.5) is 0 Å². The molecule has 0 saturated heterocycles. The number of rotatable bonds is 5. The molecule has 1 rings (SSSR count). The highest BCUT2D eigenvalue weighted by atomic mass is 127. The molecule has 114 valence electrons. The van der Waals surface area contributed by atoms with E-state index in [9.17, 15) is 0 Å². The first kappa shape index (κ1) is 19.0. The van der Waals surface area contributed by atoms with Crippen molar-refractivity contribution in [1.29, 1.82) is 0 Å². The van der Waals surface area contributed by atoms with Gasteiger partial charge < -0.3 is 15.4 Å². The molecule has 0 aliphatic carbocycles. The minimum atomic E-state index is 0. The van der Waals surface area contributed by atoms with Crippen molar-refractivity contribution in [3.63, 3.8) is 0 Å². The summed E-state index contributed by atoms with van der Waals surface area (Å²) in [6.45, 7) is 7.14. The van der Waals surface area contributed by atoms with E-state index in [4.69, 9.17) is 4.74 Å². The number of hydrogen-bond acceptors (Lipinski definition) is 2. The number of halogens is 1. The molecule has 5 heteroatoms. The fourth-order valence-corrected chi connectivity index (χ4v) is 1.65. The average molecular weight is 391 g/mol. The van der Waals surface area contributed by atoms with Crippen molar-refractivity contribution < 1.29 is 4.74 Å². The van der Waals surface area contributed by atoms with Crippen LogP contribution in [-0.4, -0.2) is 26.7 Å². The zero-order valence-corrected chi connectivity index (χ0v) is 15.3. The van der Waals surface area contributed by atoms with E-state index in [1.807, 2.05) is 19.2 Å². The Morgan fingerprint density at radius 2 is 1.80 bits per heavy atom. The van der Waals surface area contributed by atoms with Crippen LogP contribution < -0.4 is 15.4 Å². The molecule has 0 spiro atoms. The number of aliphatic imine (C=N–C) groups is 1. The van der Waals surface area contributed by atoms with Crippen molar-refractivity contribution in [2.24, 2.45) is 10.9 Å². The van der Waals surface area contributed by atoms with Gasteiger partial charge in [0.05, 0.1) is 12.6 Å². The summed E-state index contributed by atoms with van der Waals surface area (Å²) >= 11 is 0. The summed E-state index contributed by atoms with van der Waals surface area (Å²) in [6, 6.07) is 8.38. The minimum Gasteiger partial charge on any atom is -0.493 e. The molecule has 1 aromatic carbocycles. The van der Waals surface area contributed by atoms with E-state index in [-0.39, 0.29) is 30.0 Å². The molecule has 20 heavy (non-hydrogen) atoms. The lowest BCUT2D eigenvalue weighted by Crippen LogP contribution is -2.36. The lowest BCUT2D eigenvalue weighted by Gasteiger charge is -2.17. The number of ether oxygens (including phenoxy) is 1. The highest BCUT2D eigenvalue weighted by Gasteiger charge is 2.07. The molecule has 1 atom stereocenters. The van der Waals surface area contributed by atoms with Gasteiger partial charge in [0.2, 0.25) is 0 Å². The van der Waals surface area contributed by atoms with Gasteiger partial charge in [-0.2, -0.15) is 0 Å². The summed E-state index contributed by atoms with van der Waals surface area (Å²) in [5, 5.41) is 6.31. The molecule has 0 amide bonds. The first-order valence-electron chi connectivity index (χ1n) is 6.70. The summed E-state index contributed by atoms with van der Waals surface area (Å²) < 4.78 is 5.67. The van der Waals surface area contributed by atoms with Gasteiger partial charge in [0.25, 0.3) is 0 Å². The Morgan fingerprint density at radius 3 is 2.25 bits per heavy atom. The minimum absolute atomic E-state index is 0. The highest BCUT2D eigenvalue weighted by molar-refractivity contribution is 14.0. The van der Waals surface area contributed by atoms with Crippen molar-refractivity contribution in [2.75, 3.05) is 20.7 Å². The zero-order valence-electron chi connectivity index (χ0n) is 12.9. The van der Waals surface area contributed by atoms with Crippen LogP contribution in [0.3, 0.4) is 0 Å². The first-order valence-corrected chi connectivity index (χ1v) is 6.70. The number of benzene rings is 1. The summed E-state index contributed by atoms with van der Waals surface area (Å²) in [6.07, 6.45) is 0. The first-order chi connectivity index (χ1) is 9.06. The number of hydrogen-bond donors (Lipinski definition) is 2. The van der Waals surface area contributed by atoms with Crippen LogP contribution in [-0.2, 0) is 0 Å². The standard InChI is InChI=1S/C15H25N3O.HI/c1-11(2)10-19-14-8-6-13(7-9-14)12(3)18-15(16-4)17-5;/h6-9,11-12H,10H2,1-5H3,(H2,16,17,18);1H. The Labute approximate surface area is 139 Å². The van der Waals surface area contributed by atoms with Gasteiger partial charge in [0.1, 0.15) is 5.75 Å². The van der Waals surface area contributed by atoms with Crippen LogP contribution in [0.15, 0.2) is 29.3 Å². The zero-order chi connectivity index (χ0) is 14.3. The lowest BCUT2D eigenvalue weighted by molar-refractivity contribution is 0.271. The fraction of sp³-hybridized carbons (Fsp3) is 0.533. The van der Waals surface area contributed by atoms with E-state index < -0.39 is 0 Å². The second kappa shape index (κ2) is 9.85. The van der Waals surface area contributed by atoms with Crippen molar-refractivity contribution in [3.8, 4) is 5.75 Å². The maximum absolute atomic E-state index is 5.67. The normalized spacial score (nSPS) is 12.6. The molecule has 1 aromatic rings. The molecule has 0 aliphatic rings. The number of nitrogens with zero attached hydrogens (tertiary/aromatic N) is 1. The topological polar surface area (TPSA) is 45.7 Å². The summed E-state index contributed by atoms with van der Waals surface area (Å²) in [5.74, 6) is 2.24. The molecular weight excluding hydrogens is 365 g/mol. The second-order valence-electron chi connectivity index (χ2n) is 4.96. The molecule has 1 unspecified atom stereocenters. The molecule has 0 aromatic heterocycles. The third-order valence-corrected chi connectivity index (χ3v) is 2.78. The Kier molecular flexibility index (Phi) is 9.37. The molecular formula is C15H26IN3O. The predicted octanol–water partition coefficient (Wildman–Crippen LogP) is 3.20. The van der Waals surface area contributed by atoms with E-state index in [1.165, 1.54) is 5.56 Å². The van der Waals surface area contributed by atoms with Crippen LogP contribution in [0.25, 0.3) is 0 Å². The van der Waals surface area contributed by atoms with E-state index in [0.717, 1.165) is 18.3 Å². The average Bonchev–Trinajstić information content (AvgIpc) is 2.42. The van der Waals surface area contributed by atoms with E-state index >= 15 is 0 Å². The smallest absolute Gasteiger partial charge is 0.191 e. The molecule has 0 saturated carbocycles. The Hall–Kier alpha value is -0.980. The van der Waals surface area contributed by atoms with Crippen LogP contribution in [0.1, 0.15) is 32.4 Å². The third-order valence-electron chi connectivity index (χ3n) is 2.78. The summed E-state index contributed by atoms with van der Waals surface area (Å²) in [7, 11) is 3.61. The van der Waals surface area contributed by atoms with Gasteiger partial charge in [-0.05, 0) is 30.5 Å². The Balaban J connectivity index is 0.00000361. The van der Waals surface area contributed by atoms with Crippen molar-refractivity contribution in [2.45, 2.75) is 26.8 Å². The predicted molar refractivity (Wildman–Crippen MR) is 96.2 cm³/mol. The monoisotopic (exact) mass is 391 g/mol. The number of nitrogens with one attached hydrogen (secondary N) is 2. The maximum atomic E-state index is 5.67. The SMILES string of the molecule is CN=C(NC)NC(C)c1ccc(OCC(C)C)cc1.I. The van der Waals surface area contributed by atoms with Crippen LogP contribution >= 0.6 is 24.0 Å².